The van der Waals surface area contributed by atoms with Crippen LogP contribution in [0.15, 0.2) is 77.4 Å². The third kappa shape index (κ3) is 5.13. The number of hydrogen-bond donors (Lipinski definition) is 0. The SMILES string of the molecule is COc1ccc(-c2nc(-c3ccc4c(c3)c(Cl)cn4CCC(=O)[O-])no2)cc1-c1ccccc1.[Na+]. The summed E-state index contributed by atoms with van der Waals surface area (Å²) in [6.45, 7) is 0.276. The Bertz CT molecular complexity index is 1500. The molecule has 0 bridgehead atoms. The Labute approximate surface area is 228 Å². The summed E-state index contributed by atoms with van der Waals surface area (Å²) in [6.07, 6.45) is 1.62. The second-order valence-corrected chi connectivity index (χ2v) is 8.14. The van der Waals surface area contributed by atoms with Crippen LogP contribution in [0.1, 0.15) is 6.42 Å². The van der Waals surface area contributed by atoms with Crippen LogP contribution in [0.5, 0.6) is 5.75 Å². The molecule has 0 radical (unpaired) electrons. The number of halogens is 1. The van der Waals surface area contributed by atoms with Crippen molar-refractivity contribution in [3.8, 4) is 39.7 Å². The first-order valence-electron chi connectivity index (χ1n) is 10.6. The predicted molar refractivity (Wildman–Crippen MR) is 127 cm³/mol. The first-order chi connectivity index (χ1) is 16.5. The summed E-state index contributed by atoms with van der Waals surface area (Å²) in [6, 6.07) is 21.2. The van der Waals surface area contributed by atoms with E-state index in [9.17, 15) is 9.90 Å². The molecule has 170 valence electrons. The third-order valence-electron chi connectivity index (χ3n) is 5.60. The average Bonchev–Trinajstić information content (AvgIpc) is 3.48. The molecule has 0 aliphatic heterocycles. The number of fused-ring (bicyclic) bond motifs is 1. The van der Waals surface area contributed by atoms with E-state index in [0.29, 0.717) is 16.7 Å². The second kappa shape index (κ2) is 10.7. The van der Waals surface area contributed by atoms with Crippen molar-refractivity contribution >= 4 is 28.5 Å². The first kappa shape index (κ1) is 25.0. The molecular formula is C26H19ClN3NaO4. The van der Waals surface area contributed by atoms with Gasteiger partial charge < -0.3 is 23.7 Å². The number of aliphatic carboxylic acids is 1. The van der Waals surface area contributed by atoms with Crippen LogP contribution in [0.3, 0.4) is 0 Å². The van der Waals surface area contributed by atoms with Crippen LogP contribution in [-0.2, 0) is 11.3 Å². The maximum absolute atomic E-state index is 10.8. The van der Waals surface area contributed by atoms with Gasteiger partial charge in [-0.2, -0.15) is 4.98 Å². The topological polar surface area (TPSA) is 93.2 Å². The Hall–Kier alpha value is -3.10. The van der Waals surface area contributed by atoms with Crippen molar-refractivity contribution in [2.75, 3.05) is 7.11 Å². The van der Waals surface area contributed by atoms with Crippen molar-refractivity contribution in [1.82, 2.24) is 14.7 Å². The molecule has 0 fully saturated rings. The van der Waals surface area contributed by atoms with Gasteiger partial charge in [-0.1, -0.05) is 47.1 Å². The van der Waals surface area contributed by atoms with E-state index >= 15 is 0 Å². The molecule has 7 nitrogen and oxygen atoms in total. The molecule has 9 heteroatoms. The maximum atomic E-state index is 10.8. The van der Waals surface area contributed by atoms with E-state index in [0.717, 1.165) is 38.9 Å². The van der Waals surface area contributed by atoms with Gasteiger partial charge in [0.15, 0.2) is 0 Å². The van der Waals surface area contributed by atoms with Crippen molar-refractivity contribution in [3.05, 3.63) is 77.9 Å². The molecule has 0 aliphatic carbocycles. The fourth-order valence-electron chi connectivity index (χ4n) is 3.93. The summed E-state index contributed by atoms with van der Waals surface area (Å²) < 4.78 is 12.9. The molecule has 0 saturated carbocycles. The maximum Gasteiger partial charge on any atom is 1.00 e. The number of rotatable bonds is 7. The number of benzene rings is 3. The number of carbonyl (C=O) groups is 1. The molecule has 5 rings (SSSR count). The standard InChI is InChI=1S/C26H20ClN3O4.Na/c1-33-23-10-8-18(14-19(23)16-5-3-2-4-6-16)26-28-25(29-34-26)17-7-9-22-20(13-17)21(27)15-30(22)12-11-24(31)32;/h2-10,13-15H,11-12H2,1H3,(H,31,32);/q;+1/p-1. The molecule has 0 unspecified atom stereocenters. The Morgan fingerprint density at radius 1 is 1.06 bits per heavy atom. The first-order valence-corrected chi connectivity index (χ1v) is 11.0. The summed E-state index contributed by atoms with van der Waals surface area (Å²) in [4.78, 5) is 15.4. The van der Waals surface area contributed by atoms with E-state index < -0.39 is 5.97 Å². The van der Waals surface area contributed by atoms with Crippen molar-refractivity contribution in [1.29, 1.82) is 0 Å². The number of carbonyl (C=O) groups excluding carboxylic acids is 1. The van der Waals surface area contributed by atoms with Crippen molar-refractivity contribution in [3.63, 3.8) is 0 Å². The van der Waals surface area contributed by atoms with Gasteiger partial charge in [0.2, 0.25) is 5.82 Å². The Morgan fingerprint density at radius 3 is 2.57 bits per heavy atom. The second-order valence-electron chi connectivity index (χ2n) is 7.73. The normalized spacial score (nSPS) is 10.8. The Kier molecular flexibility index (Phi) is 7.62. The van der Waals surface area contributed by atoms with Crippen molar-refractivity contribution in [2.24, 2.45) is 0 Å². The van der Waals surface area contributed by atoms with Gasteiger partial charge >= 0.3 is 29.6 Å². The van der Waals surface area contributed by atoms with E-state index in [1.54, 1.807) is 17.9 Å². The minimum atomic E-state index is -1.11. The summed E-state index contributed by atoms with van der Waals surface area (Å²) in [5.41, 5.74) is 4.27. The molecule has 0 atom stereocenters. The van der Waals surface area contributed by atoms with Gasteiger partial charge in [-0.3, -0.25) is 0 Å². The third-order valence-corrected chi connectivity index (χ3v) is 5.91. The number of nitrogens with zero attached hydrogens (tertiary/aromatic N) is 3. The minimum absolute atomic E-state index is 0. The summed E-state index contributed by atoms with van der Waals surface area (Å²) in [5.74, 6) is 0.445. The van der Waals surface area contributed by atoms with Crippen LogP contribution in [0.4, 0.5) is 0 Å². The fourth-order valence-corrected chi connectivity index (χ4v) is 4.20. The molecule has 0 spiro atoms. The van der Waals surface area contributed by atoms with Gasteiger partial charge in [0.05, 0.1) is 12.1 Å². The predicted octanol–water partition coefficient (Wildman–Crippen LogP) is 1.83. The Morgan fingerprint density at radius 2 is 1.83 bits per heavy atom. The molecule has 0 saturated heterocycles. The van der Waals surface area contributed by atoms with Gasteiger partial charge in [0.1, 0.15) is 5.75 Å². The molecular weight excluding hydrogens is 477 g/mol. The number of aromatic nitrogens is 3. The fraction of sp³-hybridized carbons (Fsp3) is 0.115. The van der Waals surface area contributed by atoms with E-state index in [4.69, 9.17) is 20.9 Å². The Balaban J connectivity index is 0.00000289. The zero-order chi connectivity index (χ0) is 23.7. The van der Waals surface area contributed by atoms with Crippen molar-refractivity contribution < 1.29 is 48.7 Å². The summed E-state index contributed by atoms with van der Waals surface area (Å²) in [5, 5.41) is 16.3. The molecule has 3 aromatic carbocycles. The number of hydrogen-bond acceptors (Lipinski definition) is 6. The quantitative estimate of drug-likeness (QED) is 0.320. The number of aryl methyl sites for hydroxylation is 1. The number of ether oxygens (including phenoxy) is 1. The summed E-state index contributed by atoms with van der Waals surface area (Å²) in [7, 11) is 1.64. The zero-order valence-electron chi connectivity index (χ0n) is 19.2. The molecule has 0 N–H and O–H groups in total. The van der Waals surface area contributed by atoms with E-state index in [1.807, 2.05) is 66.7 Å². The van der Waals surface area contributed by atoms with Crippen LogP contribution in [0, 0.1) is 0 Å². The number of carboxylic acid groups (broad SMARTS) is 1. The molecule has 2 heterocycles. The van der Waals surface area contributed by atoms with E-state index in [1.165, 1.54) is 0 Å². The molecule has 5 aromatic rings. The van der Waals surface area contributed by atoms with E-state index in [2.05, 4.69) is 10.1 Å². The van der Waals surface area contributed by atoms with Crippen molar-refractivity contribution in [2.45, 2.75) is 13.0 Å². The zero-order valence-corrected chi connectivity index (χ0v) is 22.0. The molecule has 2 aromatic heterocycles. The van der Waals surface area contributed by atoms with Crippen LogP contribution >= 0.6 is 11.6 Å². The molecule has 35 heavy (non-hydrogen) atoms. The van der Waals surface area contributed by atoms with Crippen LogP contribution in [-0.4, -0.2) is 27.8 Å². The molecule has 0 amide bonds. The molecule has 0 aliphatic rings. The average molecular weight is 496 g/mol. The monoisotopic (exact) mass is 495 g/mol. The van der Waals surface area contributed by atoms with Crippen LogP contribution in [0.25, 0.3) is 44.9 Å². The minimum Gasteiger partial charge on any atom is -0.550 e. The van der Waals surface area contributed by atoms with Gasteiger partial charge in [0.25, 0.3) is 5.89 Å². The van der Waals surface area contributed by atoms with Crippen LogP contribution < -0.4 is 39.4 Å². The van der Waals surface area contributed by atoms with Gasteiger partial charge in [-0.25, -0.2) is 0 Å². The van der Waals surface area contributed by atoms with E-state index in [-0.39, 0.29) is 42.5 Å². The largest absolute Gasteiger partial charge is 1.00 e. The van der Waals surface area contributed by atoms with Gasteiger partial charge in [0, 0.05) is 52.7 Å². The number of carboxylic acids is 1. The summed E-state index contributed by atoms with van der Waals surface area (Å²) >= 11 is 6.40. The number of methoxy groups -OCH3 is 1. The van der Waals surface area contributed by atoms with Gasteiger partial charge in [-0.15, -0.1) is 0 Å². The van der Waals surface area contributed by atoms with Crippen LogP contribution in [0.2, 0.25) is 5.02 Å². The smallest absolute Gasteiger partial charge is 0.550 e. The van der Waals surface area contributed by atoms with Gasteiger partial charge in [-0.05, 0) is 42.0 Å².